The van der Waals surface area contributed by atoms with Crippen molar-refractivity contribution in [2.45, 2.75) is 6.42 Å². The van der Waals surface area contributed by atoms with Gasteiger partial charge in [-0.1, -0.05) is 36.4 Å². The molecule has 0 saturated carbocycles. The Kier molecular flexibility index (Phi) is 6.95. The van der Waals surface area contributed by atoms with Crippen molar-refractivity contribution in [2.75, 3.05) is 13.1 Å². The smallest absolute Gasteiger partial charge is 0.244 e. The summed E-state index contributed by atoms with van der Waals surface area (Å²) in [5.74, 6) is 0.878. The van der Waals surface area contributed by atoms with Crippen LogP contribution in [-0.4, -0.2) is 39.0 Å². The van der Waals surface area contributed by atoms with Gasteiger partial charge in [0.05, 0.1) is 16.4 Å². The van der Waals surface area contributed by atoms with Gasteiger partial charge >= 0.3 is 0 Å². The molecular formula is C25H23BrN4O3. The number of carbonyl (C=O) groups excluding carboxylic acids is 1. The van der Waals surface area contributed by atoms with E-state index in [-0.39, 0.29) is 17.4 Å². The predicted octanol–water partition coefficient (Wildman–Crippen LogP) is 3.91. The Bertz CT molecular complexity index is 1260. The number of nitrogens with one attached hydrogen (secondary N) is 2. The van der Waals surface area contributed by atoms with Gasteiger partial charge in [-0.2, -0.15) is 5.10 Å². The van der Waals surface area contributed by atoms with Crippen LogP contribution >= 0.6 is 15.9 Å². The fourth-order valence-electron chi connectivity index (χ4n) is 3.49. The van der Waals surface area contributed by atoms with Crippen molar-refractivity contribution in [3.05, 3.63) is 94.2 Å². The number of halogens is 1. The second-order valence-electron chi connectivity index (χ2n) is 7.41. The lowest BCUT2D eigenvalue weighted by Crippen LogP contribution is -2.31. The van der Waals surface area contributed by atoms with E-state index >= 15 is 0 Å². The maximum atomic E-state index is 12.1. The van der Waals surface area contributed by atoms with Gasteiger partial charge in [0.2, 0.25) is 5.91 Å². The number of hydrogen-bond donors (Lipinski definition) is 4. The Labute approximate surface area is 199 Å². The van der Waals surface area contributed by atoms with Crippen LogP contribution in [0.1, 0.15) is 16.8 Å². The van der Waals surface area contributed by atoms with Gasteiger partial charge in [-0.25, -0.2) is 4.68 Å². The molecule has 4 rings (SSSR count). The Morgan fingerprint density at radius 1 is 1.15 bits per heavy atom. The van der Waals surface area contributed by atoms with Crippen molar-refractivity contribution >= 4 is 39.3 Å². The standard InChI is InChI=1S/C25H23BrN4O3/c26-21-16-29-30-22(21)10-9-18(20-6-1-2-7-23(20)32)15-24(30)27-12-13-28-25(33)11-8-17-4-3-5-19(31)14-17/h1-9,11,14-16,27,31-32H,10,12-13H2,(H,28,33)/b11-8+. The van der Waals surface area contributed by atoms with Crippen molar-refractivity contribution in [3.63, 3.8) is 0 Å². The number of hydrogen-bond acceptors (Lipinski definition) is 5. The largest absolute Gasteiger partial charge is 0.508 e. The van der Waals surface area contributed by atoms with Crippen LogP contribution in [-0.2, 0) is 11.2 Å². The maximum Gasteiger partial charge on any atom is 0.244 e. The number of para-hydroxylation sites is 1. The highest BCUT2D eigenvalue weighted by Crippen LogP contribution is 2.31. The molecule has 0 spiro atoms. The van der Waals surface area contributed by atoms with Crippen LogP contribution in [0.15, 0.2) is 77.4 Å². The molecule has 4 N–H and O–H groups in total. The summed E-state index contributed by atoms with van der Waals surface area (Å²) in [5, 5.41) is 30.4. The van der Waals surface area contributed by atoms with E-state index in [1.165, 1.54) is 6.08 Å². The number of phenolic OH excluding ortho intramolecular Hbond substituents is 2. The molecule has 3 aromatic rings. The first-order valence-electron chi connectivity index (χ1n) is 10.4. The number of phenols is 2. The van der Waals surface area contributed by atoms with Gasteiger partial charge in [-0.05, 0) is 57.4 Å². The summed E-state index contributed by atoms with van der Waals surface area (Å²) in [4.78, 5) is 12.1. The first-order valence-corrected chi connectivity index (χ1v) is 11.2. The normalized spacial score (nSPS) is 13.1. The zero-order valence-corrected chi connectivity index (χ0v) is 19.3. The number of nitrogens with zero attached hydrogens (tertiary/aromatic N) is 2. The Hall–Kier alpha value is -3.78. The van der Waals surface area contributed by atoms with E-state index in [0.29, 0.717) is 19.5 Å². The Balaban J connectivity index is 1.42. The molecule has 1 aliphatic rings. The van der Waals surface area contributed by atoms with Crippen molar-refractivity contribution in [2.24, 2.45) is 0 Å². The van der Waals surface area contributed by atoms with Crippen LogP contribution < -0.4 is 10.6 Å². The summed E-state index contributed by atoms with van der Waals surface area (Å²) in [6.07, 6.45) is 9.46. The van der Waals surface area contributed by atoms with Crippen LogP contribution in [0.25, 0.3) is 17.5 Å². The molecule has 0 radical (unpaired) electrons. The highest BCUT2D eigenvalue weighted by molar-refractivity contribution is 9.10. The van der Waals surface area contributed by atoms with Gasteiger partial charge in [0.25, 0.3) is 0 Å². The van der Waals surface area contributed by atoms with Gasteiger partial charge < -0.3 is 20.8 Å². The van der Waals surface area contributed by atoms with E-state index < -0.39 is 0 Å². The Morgan fingerprint density at radius 2 is 2.00 bits per heavy atom. The summed E-state index contributed by atoms with van der Waals surface area (Å²) in [6.45, 7) is 0.871. The van der Waals surface area contributed by atoms with E-state index in [1.54, 1.807) is 48.7 Å². The summed E-state index contributed by atoms with van der Waals surface area (Å²) < 4.78 is 2.72. The lowest BCUT2D eigenvalue weighted by Gasteiger charge is -2.13. The number of aromatic hydroxyl groups is 2. The lowest BCUT2D eigenvalue weighted by atomic mass is 10.0. The lowest BCUT2D eigenvalue weighted by molar-refractivity contribution is -0.116. The molecule has 0 unspecified atom stereocenters. The summed E-state index contributed by atoms with van der Waals surface area (Å²) in [6, 6.07) is 13.9. The van der Waals surface area contributed by atoms with Crippen molar-refractivity contribution in [1.29, 1.82) is 0 Å². The second-order valence-corrected chi connectivity index (χ2v) is 8.26. The molecule has 0 fully saturated rings. The van der Waals surface area contributed by atoms with Gasteiger partial charge in [0.1, 0.15) is 17.3 Å². The molecule has 0 saturated heterocycles. The molecule has 1 amide bonds. The maximum absolute atomic E-state index is 12.1. The minimum Gasteiger partial charge on any atom is -0.508 e. The molecule has 8 heteroatoms. The fourth-order valence-corrected chi connectivity index (χ4v) is 3.91. The molecular weight excluding hydrogens is 484 g/mol. The number of carbonyl (C=O) groups is 1. The number of allylic oxidation sites excluding steroid dienone is 3. The van der Waals surface area contributed by atoms with Crippen LogP contribution in [0.4, 0.5) is 0 Å². The van der Waals surface area contributed by atoms with Gasteiger partial charge in [-0.3, -0.25) is 4.79 Å². The first kappa shape index (κ1) is 22.4. The van der Waals surface area contributed by atoms with Gasteiger partial charge in [0.15, 0.2) is 0 Å². The molecule has 2 aromatic carbocycles. The fraction of sp³-hybridized carbons (Fsp3) is 0.120. The quantitative estimate of drug-likeness (QED) is 0.287. The number of rotatable bonds is 7. The first-order chi connectivity index (χ1) is 16.0. The number of aromatic nitrogens is 2. The molecule has 1 aromatic heterocycles. The van der Waals surface area contributed by atoms with E-state index in [0.717, 1.165) is 32.7 Å². The molecule has 0 aliphatic carbocycles. The topological polar surface area (TPSA) is 99.4 Å². The van der Waals surface area contributed by atoms with Crippen LogP contribution in [0.2, 0.25) is 0 Å². The second kappa shape index (κ2) is 10.2. The molecule has 1 aliphatic heterocycles. The molecule has 33 heavy (non-hydrogen) atoms. The number of amides is 1. The van der Waals surface area contributed by atoms with Gasteiger partial charge in [-0.15, -0.1) is 0 Å². The van der Waals surface area contributed by atoms with Crippen molar-refractivity contribution in [3.8, 4) is 11.5 Å². The molecule has 168 valence electrons. The minimum atomic E-state index is -0.229. The SMILES string of the molecule is O=C(/C=C/c1cccc(O)c1)NCCNC1=CC(c2ccccc2O)=CCc2c(Br)cnn21. The van der Waals surface area contributed by atoms with E-state index in [1.807, 2.05) is 22.9 Å². The van der Waals surface area contributed by atoms with Crippen LogP contribution in [0, 0.1) is 0 Å². The zero-order valence-electron chi connectivity index (χ0n) is 17.7. The van der Waals surface area contributed by atoms with Crippen LogP contribution in [0.5, 0.6) is 11.5 Å². The number of fused-ring (bicyclic) bond motifs is 1. The van der Waals surface area contributed by atoms with Crippen molar-refractivity contribution in [1.82, 2.24) is 20.4 Å². The van der Waals surface area contributed by atoms with Crippen molar-refractivity contribution < 1.29 is 15.0 Å². The average Bonchev–Trinajstić information content (AvgIpc) is 3.07. The zero-order chi connectivity index (χ0) is 23.2. The highest BCUT2D eigenvalue weighted by Gasteiger charge is 2.17. The summed E-state index contributed by atoms with van der Waals surface area (Å²) in [5.41, 5.74) is 3.35. The third-order valence-corrected chi connectivity index (χ3v) is 5.76. The summed E-state index contributed by atoms with van der Waals surface area (Å²) in [7, 11) is 0. The highest BCUT2D eigenvalue weighted by atomic mass is 79.9. The van der Waals surface area contributed by atoms with E-state index in [2.05, 4.69) is 37.7 Å². The van der Waals surface area contributed by atoms with E-state index in [4.69, 9.17) is 0 Å². The third-order valence-electron chi connectivity index (χ3n) is 5.10. The average molecular weight is 507 g/mol. The monoisotopic (exact) mass is 506 g/mol. The van der Waals surface area contributed by atoms with E-state index in [9.17, 15) is 15.0 Å². The van der Waals surface area contributed by atoms with Gasteiger partial charge in [0, 0.05) is 31.1 Å². The van der Waals surface area contributed by atoms with Crippen LogP contribution in [0.3, 0.4) is 0 Å². The number of benzene rings is 2. The molecule has 2 heterocycles. The molecule has 0 bridgehead atoms. The Morgan fingerprint density at radius 3 is 2.82 bits per heavy atom. The molecule has 0 atom stereocenters. The summed E-state index contributed by atoms with van der Waals surface area (Å²) >= 11 is 3.55. The predicted molar refractivity (Wildman–Crippen MR) is 132 cm³/mol. The minimum absolute atomic E-state index is 0.153. The third kappa shape index (κ3) is 5.53. The molecule has 7 nitrogen and oxygen atoms in total.